The standard InChI is InChI=1S/C22H22N4O2S/c1-15(20(27)25-24-13-7-10-16-8-3-2-4-9-16)26-14-23-21-19(22(26)28)17-11-5-6-12-18(17)29-21/h2-4,7-10,13-15H,5-6,11-12H2,1H3,(H,25,27)/b10-7+,24-13-. The number of carbonyl (C=O) groups excluding carboxylic acids is 1. The number of hydrazone groups is 1. The zero-order chi connectivity index (χ0) is 20.2. The van der Waals surface area contributed by atoms with Crippen LogP contribution in [0.2, 0.25) is 0 Å². The van der Waals surface area contributed by atoms with Crippen molar-refractivity contribution in [2.45, 2.75) is 38.6 Å². The molecular formula is C22H22N4O2S. The number of hydrogen-bond donors (Lipinski definition) is 1. The number of thiophene rings is 1. The number of hydrogen-bond acceptors (Lipinski definition) is 5. The lowest BCUT2D eigenvalue weighted by molar-refractivity contribution is -0.123. The average molecular weight is 407 g/mol. The van der Waals surface area contributed by atoms with Crippen LogP contribution in [0.3, 0.4) is 0 Å². The van der Waals surface area contributed by atoms with E-state index in [1.165, 1.54) is 22.0 Å². The molecule has 1 N–H and O–H groups in total. The van der Waals surface area contributed by atoms with Gasteiger partial charge in [-0.15, -0.1) is 11.3 Å². The second-order valence-electron chi connectivity index (χ2n) is 7.05. The van der Waals surface area contributed by atoms with Gasteiger partial charge in [0.1, 0.15) is 10.9 Å². The van der Waals surface area contributed by atoms with Gasteiger partial charge < -0.3 is 0 Å². The maximum Gasteiger partial charge on any atom is 0.263 e. The van der Waals surface area contributed by atoms with Crippen LogP contribution in [0.1, 0.15) is 41.8 Å². The Morgan fingerprint density at radius 1 is 1.28 bits per heavy atom. The van der Waals surface area contributed by atoms with Gasteiger partial charge in [-0.2, -0.15) is 5.10 Å². The van der Waals surface area contributed by atoms with E-state index in [1.807, 2.05) is 36.4 Å². The fourth-order valence-electron chi connectivity index (χ4n) is 3.52. The normalized spacial score (nSPS) is 15.1. The first-order valence-corrected chi connectivity index (χ1v) is 10.5. The number of carbonyl (C=O) groups is 1. The maximum atomic E-state index is 13.0. The molecule has 1 unspecified atom stereocenters. The largest absolute Gasteiger partial charge is 0.286 e. The van der Waals surface area contributed by atoms with Gasteiger partial charge in [0.25, 0.3) is 11.5 Å². The highest BCUT2D eigenvalue weighted by molar-refractivity contribution is 7.18. The molecule has 3 aromatic rings. The van der Waals surface area contributed by atoms with Crippen LogP contribution in [-0.4, -0.2) is 21.7 Å². The summed E-state index contributed by atoms with van der Waals surface area (Å²) in [5.74, 6) is -0.360. The number of nitrogens with one attached hydrogen (secondary N) is 1. The summed E-state index contributed by atoms with van der Waals surface area (Å²) in [7, 11) is 0. The number of aromatic nitrogens is 2. The van der Waals surface area contributed by atoms with Gasteiger partial charge in [0.05, 0.1) is 11.7 Å². The van der Waals surface area contributed by atoms with Crippen molar-refractivity contribution in [1.29, 1.82) is 0 Å². The predicted molar refractivity (Wildman–Crippen MR) is 117 cm³/mol. The van der Waals surface area contributed by atoms with Crippen molar-refractivity contribution in [2.24, 2.45) is 5.10 Å². The van der Waals surface area contributed by atoms with Crippen LogP contribution >= 0.6 is 11.3 Å². The second kappa shape index (κ2) is 8.53. The van der Waals surface area contributed by atoms with Gasteiger partial charge in [0.15, 0.2) is 0 Å². The summed E-state index contributed by atoms with van der Waals surface area (Å²) >= 11 is 1.60. The number of amides is 1. The number of allylic oxidation sites excluding steroid dienone is 1. The first-order valence-electron chi connectivity index (χ1n) is 9.71. The molecule has 6 nitrogen and oxygen atoms in total. The minimum atomic E-state index is -0.700. The summed E-state index contributed by atoms with van der Waals surface area (Å²) in [4.78, 5) is 32.0. The van der Waals surface area contributed by atoms with Crippen LogP contribution in [0.15, 0.2) is 52.6 Å². The first-order chi connectivity index (χ1) is 14.1. The van der Waals surface area contributed by atoms with Gasteiger partial charge in [-0.3, -0.25) is 14.2 Å². The van der Waals surface area contributed by atoms with Gasteiger partial charge in [-0.25, -0.2) is 10.4 Å². The molecule has 148 valence electrons. The maximum absolute atomic E-state index is 13.0. The number of aryl methyl sites for hydroxylation is 2. The van der Waals surface area contributed by atoms with E-state index in [2.05, 4.69) is 15.5 Å². The fourth-order valence-corrected chi connectivity index (χ4v) is 4.74. The third kappa shape index (κ3) is 4.05. The molecule has 2 heterocycles. The van der Waals surface area contributed by atoms with Crippen molar-refractivity contribution in [3.63, 3.8) is 0 Å². The van der Waals surface area contributed by atoms with Crippen molar-refractivity contribution in [3.05, 3.63) is 69.1 Å². The minimum Gasteiger partial charge on any atom is -0.286 e. The summed E-state index contributed by atoms with van der Waals surface area (Å²) in [6.45, 7) is 1.68. The Hall–Kier alpha value is -3.06. The monoisotopic (exact) mass is 406 g/mol. The molecule has 1 atom stereocenters. The fraction of sp³-hybridized carbons (Fsp3) is 0.273. The SMILES string of the molecule is CC(C(=O)N/N=C\C=C\c1ccccc1)n1cnc2sc3c(c2c1=O)CCCC3. The second-order valence-corrected chi connectivity index (χ2v) is 8.13. The smallest absolute Gasteiger partial charge is 0.263 e. The van der Waals surface area contributed by atoms with Crippen LogP contribution in [-0.2, 0) is 17.6 Å². The van der Waals surface area contributed by atoms with Crippen molar-refractivity contribution >= 4 is 39.8 Å². The highest BCUT2D eigenvalue weighted by Crippen LogP contribution is 2.33. The van der Waals surface area contributed by atoms with E-state index in [1.54, 1.807) is 24.3 Å². The molecule has 1 aliphatic rings. The minimum absolute atomic E-state index is 0.148. The van der Waals surface area contributed by atoms with E-state index >= 15 is 0 Å². The van der Waals surface area contributed by atoms with E-state index in [0.717, 1.165) is 41.6 Å². The lowest BCUT2D eigenvalue weighted by Gasteiger charge is -2.14. The molecule has 0 saturated carbocycles. The third-order valence-electron chi connectivity index (χ3n) is 5.12. The van der Waals surface area contributed by atoms with Gasteiger partial charge >= 0.3 is 0 Å². The molecule has 1 aliphatic carbocycles. The Morgan fingerprint density at radius 2 is 2.07 bits per heavy atom. The predicted octanol–water partition coefficient (Wildman–Crippen LogP) is 3.71. The molecule has 2 aromatic heterocycles. The number of rotatable bonds is 5. The zero-order valence-electron chi connectivity index (χ0n) is 16.2. The molecule has 1 amide bonds. The zero-order valence-corrected chi connectivity index (χ0v) is 17.0. The average Bonchev–Trinajstić information content (AvgIpc) is 3.13. The Balaban J connectivity index is 1.48. The summed E-state index contributed by atoms with van der Waals surface area (Å²) in [5.41, 5.74) is 4.51. The number of fused-ring (bicyclic) bond motifs is 3. The van der Waals surface area contributed by atoms with Crippen molar-refractivity contribution in [2.75, 3.05) is 0 Å². The van der Waals surface area contributed by atoms with E-state index < -0.39 is 6.04 Å². The molecular weight excluding hydrogens is 384 g/mol. The highest BCUT2D eigenvalue weighted by Gasteiger charge is 2.23. The lowest BCUT2D eigenvalue weighted by atomic mass is 9.97. The molecule has 0 bridgehead atoms. The van der Waals surface area contributed by atoms with Gasteiger partial charge in [0, 0.05) is 11.1 Å². The van der Waals surface area contributed by atoms with Crippen LogP contribution < -0.4 is 11.0 Å². The number of benzene rings is 1. The number of nitrogens with zero attached hydrogens (tertiary/aromatic N) is 3. The quantitative estimate of drug-likeness (QED) is 0.518. The molecule has 0 spiro atoms. The molecule has 0 fully saturated rings. The lowest BCUT2D eigenvalue weighted by Crippen LogP contribution is -2.34. The first kappa shape index (κ1) is 19.3. The Kier molecular flexibility index (Phi) is 5.67. The van der Waals surface area contributed by atoms with Gasteiger partial charge in [0.2, 0.25) is 0 Å². The van der Waals surface area contributed by atoms with E-state index in [-0.39, 0.29) is 11.5 Å². The topological polar surface area (TPSA) is 76.3 Å². The van der Waals surface area contributed by atoms with Crippen LogP contribution in [0.5, 0.6) is 0 Å². The summed E-state index contributed by atoms with van der Waals surface area (Å²) in [6, 6.07) is 9.11. The molecule has 0 radical (unpaired) electrons. The van der Waals surface area contributed by atoms with Crippen molar-refractivity contribution in [3.8, 4) is 0 Å². The van der Waals surface area contributed by atoms with Crippen molar-refractivity contribution < 1.29 is 4.79 Å². The van der Waals surface area contributed by atoms with Crippen LogP contribution in [0.4, 0.5) is 0 Å². The Bertz CT molecular complexity index is 1140. The Labute approximate surface area is 172 Å². The van der Waals surface area contributed by atoms with Gasteiger partial charge in [-0.1, -0.05) is 36.4 Å². The van der Waals surface area contributed by atoms with E-state index in [4.69, 9.17) is 0 Å². The highest BCUT2D eigenvalue weighted by atomic mass is 32.1. The summed E-state index contributed by atoms with van der Waals surface area (Å²) in [5, 5.41) is 4.62. The van der Waals surface area contributed by atoms with Crippen molar-refractivity contribution in [1.82, 2.24) is 15.0 Å². The summed E-state index contributed by atoms with van der Waals surface area (Å²) in [6.07, 6.45) is 10.8. The van der Waals surface area contributed by atoms with Gasteiger partial charge in [-0.05, 0) is 49.8 Å². The van der Waals surface area contributed by atoms with E-state index in [0.29, 0.717) is 5.39 Å². The van der Waals surface area contributed by atoms with Crippen LogP contribution in [0, 0.1) is 0 Å². The molecule has 0 saturated heterocycles. The van der Waals surface area contributed by atoms with E-state index in [9.17, 15) is 9.59 Å². The molecule has 1 aromatic carbocycles. The molecule has 7 heteroatoms. The molecule has 4 rings (SSSR count). The molecule has 0 aliphatic heterocycles. The summed E-state index contributed by atoms with van der Waals surface area (Å²) < 4.78 is 1.40. The molecule has 29 heavy (non-hydrogen) atoms. The van der Waals surface area contributed by atoms with Crippen LogP contribution in [0.25, 0.3) is 16.3 Å². The Morgan fingerprint density at radius 3 is 2.90 bits per heavy atom. The third-order valence-corrected chi connectivity index (χ3v) is 6.32.